The molecule has 0 N–H and O–H groups in total. The molecular formula is C16H9BrF3NS. The van der Waals surface area contributed by atoms with E-state index in [1.165, 1.54) is 23.5 Å². The predicted molar refractivity (Wildman–Crippen MR) is 85.7 cm³/mol. The van der Waals surface area contributed by atoms with Crippen LogP contribution in [0.5, 0.6) is 0 Å². The Hall–Kier alpha value is -1.66. The number of aromatic nitrogens is 1. The number of benzene rings is 2. The zero-order valence-corrected chi connectivity index (χ0v) is 13.5. The lowest BCUT2D eigenvalue weighted by molar-refractivity contribution is -0.137. The summed E-state index contributed by atoms with van der Waals surface area (Å²) in [7, 11) is 0. The van der Waals surface area contributed by atoms with Crippen LogP contribution in [0, 0.1) is 0 Å². The summed E-state index contributed by atoms with van der Waals surface area (Å²) in [5.41, 5.74) is 1.81. The van der Waals surface area contributed by atoms with Crippen LogP contribution in [0.25, 0.3) is 21.8 Å². The van der Waals surface area contributed by atoms with Gasteiger partial charge in [-0.2, -0.15) is 13.2 Å². The largest absolute Gasteiger partial charge is 0.416 e. The van der Waals surface area contributed by atoms with Crippen molar-refractivity contribution in [2.45, 2.75) is 6.18 Å². The number of alkyl halides is 3. The Bertz CT molecular complexity index is 776. The van der Waals surface area contributed by atoms with Gasteiger partial charge in [-0.05, 0) is 24.3 Å². The Morgan fingerprint density at radius 1 is 0.864 bits per heavy atom. The SMILES string of the molecule is FC(F)(F)c1ccc(-c2nc(-c3ccc(Br)cc3)cs2)cc1. The van der Waals surface area contributed by atoms with Crippen LogP contribution in [0.3, 0.4) is 0 Å². The summed E-state index contributed by atoms with van der Waals surface area (Å²) in [5, 5.41) is 2.60. The first-order valence-electron chi connectivity index (χ1n) is 6.32. The van der Waals surface area contributed by atoms with Gasteiger partial charge in [0.2, 0.25) is 0 Å². The van der Waals surface area contributed by atoms with Gasteiger partial charge < -0.3 is 0 Å². The highest BCUT2D eigenvalue weighted by Crippen LogP contribution is 2.33. The molecule has 0 aliphatic heterocycles. The normalized spacial score (nSPS) is 11.6. The van der Waals surface area contributed by atoms with Crippen LogP contribution >= 0.6 is 27.3 Å². The minimum absolute atomic E-state index is 0.652. The Morgan fingerprint density at radius 2 is 1.45 bits per heavy atom. The number of rotatable bonds is 2. The molecular weight excluding hydrogens is 375 g/mol. The Balaban J connectivity index is 1.89. The van der Waals surface area contributed by atoms with E-state index >= 15 is 0 Å². The van der Waals surface area contributed by atoms with Gasteiger partial charge in [0.05, 0.1) is 11.3 Å². The van der Waals surface area contributed by atoms with Crippen molar-refractivity contribution in [3.05, 3.63) is 63.9 Å². The Labute approximate surface area is 137 Å². The van der Waals surface area contributed by atoms with E-state index < -0.39 is 11.7 Å². The molecule has 0 radical (unpaired) electrons. The molecule has 1 aromatic heterocycles. The van der Waals surface area contributed by atoms with Crippen LogP contribution in [0.1, 0.15) is 5.56 Å². The van der Waals surface area contributed by atoms with E-state index in [0.29, 0.717) is 10.6 Å². The number of thiazole rings is 1. The molecule has 0 bridgehead atoms. The molecule has 0 spiro atoms. The van der Waals surface area contributed by atoms with Crippen LogP contribution in [-0.2, 0) is 6.18 Å². The maximum Gasteiger partial charge on any atom is 0.416 e. The molecule has 0 unspecified atom stereocenters. The molecule has 1 heterocycles. The molecule has 3 rings (SSSR count). The number of nitrogens with zero attached hydrogens (tertiary/aromatic N) is 1. The molecule has 2 aromatic carbocycles. The zero-order chi connectivity index (χ0) is 15.7. The predicted octanol–water partition coefficient (Wildman–Crippen LogP) is 6.26. The van der Waals surface area contributed by atoms with Gasteiger partial charge in [0.15, 0.2) is 0 Å². The van der Waals surface area contributed by atoms with Crippen molar-refractivity contribution >= 4 is 27.3 Å². The summed E-state index contributed by atoms with van der Waals surface area (Å²) in [6, 6.07) is 12.8. The highest BCUT2D eigenvalue weighted by atomic mass is 79.9. The molecule has 1 nitrogen and oxygen atoms in total. The Morgan fingerprint density at radius 3 is 2.05 bits per heavy atom. The van der Waals surface area contributed by atoms with E-state index in [0.717, 1.165) is 27.9 Å². The van der Waals surface area contributed by atoms with Crippen LogP contribution in [-0.4, -0.2) is 4.98 Å². The fourth-order valence-corrected chi connectivity index (χ4v) is 3.06. The summed E-state index contributed by atoms with van der Waals surface area (Å²) >= 11 is 4.78. The molecule has 0 saturated heterocycles. The van der Waals surface area contributed by atoms with Crippen molar-refractivity contribution in [2.24, 2.45) is 0 Å². The molecule has 0 aliphatic carbocycles. The second kappa shape index (κ2) is 5.85. The topological polar surface area (TPSA) is 12.9 Å². The van der Waals surface area contributed by atoms with Gasteiger partial charge in [0.25, 0.3) is 0 Å². The smallest absolute Gasteiger partial charge is 0.236 e. The van der Waals surface area contributed by atoms with Gasteiger partial charge in [0.1, 0.15) is 5.01 Å². The molecule has 0 aliphatic rings. The Kier molecular flexibility index (Phi) is 4.06. The average Bonchev–Trinajstić information content (AvgIpc) is 2.97. The minimum Gasteiger partial charge on any atom is -0.236 e. The van der Waals surface area contributed by atoms with Crippen molar-refractivity contribution in [3.63, 3.8) is 0 Å². The molecule has 0 fully saturated rings. The maximum atomic E-state index is 12.6. The monoisotopic (exact) mass is 383 g/mol. The van der Waals surface area contributed by atoms with Crippen molar-refractivity contribution in [3.8, 4) is 21.8 Å². The molecule has 6 heteroatoms. The van der Waals surface area contributed by atoms with Crippen molar-refractivity contribution in [2.75, 3.05) is 0 Å². The van der Waals surface area contributed by atoms with Gasteiger partial charge >= 0.3 is 6.18 Å². The maximum absolute atomic E-state index is 12.6. The van der Waals surface area contributed by atoms with E-state index in [9.17, 15) is 13.2 Å². The van der Waals surface area contributed by atoms with Gasteiger partial charge in [-0.25, -0.2) is 4.98 Å². The number of hydrogen-bond donors (Lipinski definition) is 0. The van der Waals surface area contributed by atoms with Gasteiger partial charge in [-0.1, -0.05) is 40.2 Å². The molecule has 0 saturated carbocycles. The lowest BCUT2D eigenvalue weighted by Crippen LogP contribution is -2.03. The van der Waals surface area contributed by atoms with E-state index in [2.05, 4.69) is 20.9 Å². The standard InChI is InChI=1S/C16H9BrF3NS/c17-13-7-3-10(4-8-13)14-9-22-15(21-14)11-1-5-12(6-2-11)16(18,19)20/h1-9H. The lowest BCUT2D eigenvalue weighted by atomic mass is 10.1. The molecule has 0 amide bonds. The van der Waals surface area contributed by atoms with E-state index in [4.69, 9.17) is 0 Å². The fourth-order valence-electron chi connectivity index (χ4n) is 1.96. The summed E-state index contributed by atoms with van der Waals surface area (Å²) in [6.45, 7) is 0. The number of halogens is 4. The van der Waals surface area contributed by atoms with Crippen molar-refractivity contribution in [1.82, 2.24) is 4.98 Å². The van der Waals surface area contributed by atoms with Gasteiger partial charge in [-0.15, -0.1) is 11.3 Å². The summed E-state index contributed by atoms with van der Waals surface area (Å²) in [6.07, 6.45) is -4.32. The fraction of sp³-hybridized carbons (Fsp3) is 0.0625. The van der Waals surface area contributed by atoms with Gasteiger partial charge in [-0.3, -0.25) is 0 Å². The van der Waals surface area contributed by atoms with Crippen LogP contribution < -0.4 is 0 Å². The van der Waals surface area contributed by atoms with Crippen LogP contribution in [0.4, 0.5) is 13.2 Å². The molecule has 3 aromatic rings. The third-order valence-corrected chi connectivity index (χ3v) is 4.52. The first kappa shape index (κ1) is 15.2. The molecule has 22 heavy (non-hydrogen) atoms. The van der Waals surface area contributed by atoms with Crippen LogP contribution in [0.15, 0.2) is 58.4 Å². The third-order valence-electron chi connectivity index (χ3n) is 3.10. The number of hydrogen-bond acceptors (Lipinski definition) is 2. The molecule has 0 atom stereocenters. The summed E-state index contributed by atoms with van der Waals surface area (Å²) < 4.78 is 38.7. The van der Waals surface area contributed by atoms with Gasteiger partial charge in [0, 0.05) is 21.0 Å². The van der Waals surface area contributed by atoms with Crippen molar-refractivity contribution in [1.29, 1.82) is 0 Å². The minimum atomic E-state index is -4.32. The quantitative estimate of drug-likeness (QED) is 0.508. The zero-order valence-electron chi connectivity index (χ0n) is 11.1. The first-order valence-corrected chi connectivity index (χ1v) is 8.00. The third kappa shape index (κ3) is 3.23. The van der Waals surface area contributed by atoms with E-state index in [1.807, 2.05) is 29.6 Å². The second-order valence-corrected chi connectivity index (χ2v) is 6.39. The van der Waals surface area contributed by atoms with Crippen molar-refractivity contribution < 1.29 is 13.2 Å². The van der Waals surface area contributed by atoms with E-state index in [1.54, 1.807) is 0 Å². The molecule has 112 valence electrons. The first-order chi connectivity index (χ1) is 10.4. The summed E-state index contributed by atoms with van der Waals surface area (Å²) in [5.74, 6) is 0. The second-order valence-electron chi connectivity index (χ2n) is 4.62. The highest BCUT2D eigenvalue weighted by molar-refractivity contribution is 9.10. The highest BCUT2D eigenvalue weighted by Gasteiger charge is 2.30. The lowest BCUT2D eigenvalue weighted by Gasteiger charge is -2.06. The van der Waals surface area contributed by atoms with Crippen LogP contribution in [0.2, 0.25) is 0 Å². The summed E-state index contributed by atoms with van der Waals surface area (Å²) in [4.78, 5) is 4.49. The average molecular weight is 384 g/mol. The van der Waals surface area contributed by atoms with E-state index in [-0.39, 0.29) is 0 Å².